The van der Waals surface area contributed by atoms with Crippen LogP contribution in [0.25, 0.3) is 5.57 Å². The molecule has 1 unspecified atom stereocenters. The summed E-state index contributed by atoms with van der Waals surface area (Å²) < 4.78 is 1.48. The van der Waals surface area contributed by atoms with Crippen molar-refractivity contribution < 1.29 is 14.7 Å². The molecule has 7 nitrogen and oxygen atoms in total. The molecule has 1 aromatic heterocycles. The zero-order valence-electron chi connectivity index (χ0n) is 23.0. The van der Waals surface area contributed by atoms with E-state index in [0.717, 1.165) is 33.4 Å². The summed E-state index contributed by atoms with van der Waals surface area (Å²) in [6.07, 6.45) is 6.02. The van der Waals surface area contributed by atoms with Gasteiger partial charge in [0.25, 0.3) is 5.56 Å². The van der Waals surface area contributed by atoms with Crippen molar-refractivity contribution in [3.05, 3.63) is 74.8 Å². The maximum atomic E-state index is 13.7. The Labute approximate surface area is 219 Å². The number of benzene rings is 1. The summed E-state index contributed by atoms with van der Waals surface area (Å²) in [5, 5.41) is 12.8. The van der Waals surface area contributed by atoms with Gasteiger partial charge in [-0.15, -0.1) is 0 Å². The number of aromatic nitrogens is 1. The van der Waals surface area contributed by atoms with Gasteiger partial charge in [-0.1, -0.05) is 39.0 Å². The first-order chi connectivity index (χ1) is 17.3. The third kappa shape index (κ3) is 6.45. The molecule has 0 spiro atoms. The van der Waals surface area contributed by atoms with Crippen LogP contribution in [0.5, 0.6) is 0 Å². The first-order valence-corrected chi connectivity index (χ1v) is 12.8. The molecular formula is C30H39N3O4. The van der Waals surface area contributed by atoms with Gasteiger partial charge >= 0.3 is 5.97 Å². The van der Waals surface area contributed by atoms with Crippen molar-refractivity contribution in [2.45, 2.75) is 79.8 Å². The molecule has 0 saturated heterocycles. The minimum atomic E-state index is -1.01. The molecule has 7 heteroatoms. The normalized spacial score (nSPS) is 18.9. The number of carboxylic acids is 1. The van der Waals surface area contributed by atoms with Gasteiger partial charge in [-0.25, -0.2) is 0 Å². The van der Waals surface area contributed by atoms with Crippen molar-refractivity contribution in [3.63, 3.8) is 0 Å². The second-order valence-electron chi connectivity index (χ2n) is 11.1. The first kappa shape index (κ1) is 28.1. The van der Waals surface area contributed by atoms with E-state index in [1.807, 2.05) is 72.9 Å². The molecule has 1 aromatic carbocycles. The lowest BCUT2D eigenvalue weighted by Crippen LogP contribution is -2.51. The summed E-state index contributed by atoms with van der Waals surface area (Å²) >= 11 is 0. The largest absolute Gasteiger partial charge is 0.481 e. The van der Waals surface area contributed by atoms with Crippen LogP contribution in [-0.4, -0.2) is 33.8 Å². The van der Waals surface area contributed by atoms with Gasteiger partial charge in [-0.05, 0) is 79.8 Å². The van der Waals surface area contributed by atoms with E-state index in [1.165, 1.54) is 4.57 Å². The number of carboxylic acid groups (broad SMARTS) is 1. The Bertz CT molecular complexity index is 1280. The van der Waals surface area contributed by atoms with E-state index in [4.69, 9.17) is 0 Å². The number of nitrogens with zero attached hydrogens (tertiary/aromatic N) is 2. The topological polar surface area (TPSA) is 101 Å². The Morgan fingerprint density at radius 1 is 1.11 bits per heavy atom. The van der Waals surface area contributed by atoms with Gasteiger partial charge in [0.15, 0.2) is 0 Å². The Balaban J connectivity index is 1.97. The van der Waals surface area contributed by atoms with E-state index in [9.17, 15) is 19.5 Å². The van der Waals surface area contributed by atoms with Crippen molar-refractivity contribution in [2.75, 3.05) is 0 Å². The van der Waals surface area contributed by atoms with E-state index in [2.05, 4.69) is 10.3 Å². The zero-order chi connectivity index (χ0) is 27.5. The van der Waals surface area contributed by atoms with Gasteiger partial charge in [0.1, 0.15) is 6.04 Å². The van der Waals surface area contributed by atoms with E-state index in [-0.39, 0.29) is 23.8 Å². The summed E-state index contributed by atoms with van der Waals surface area (Å²) in [6, 6.07) is 6.19. The Kier molecular flexibility index (Phi) is 8.57. The molecule has 0 saturated carbocycles. The molecule has 1 aliphatic heterocycles. The molecule has 3 atom stereocenters. The molecule has 2 heterocycles. The van der Waals surface area contributed by atoms with Gasteiger partial charge in [-0.2, -0.15) is 0 Å². The summed E-state index contributed by atoms with van der Waals surface area (Å²) in [4.78, 5) is 43.0. The number of aryl methyl sites for hydroxylation is 4. The molecule has 2 aromatic rings. The summed E-state index contributed by atoms with van der Waals surface area (Å²) in [5.41, 5.74) is 5.16. The fraction of sp³-hybridized carbons (Fsp3) is 0.467. The highest BCUT2D eigenvalue weighted by Crippen LogP contribution is 2.39. The number of allylic oxidation sites excluding steroid dienone is 1. The number of carbonyl (C=O) groups excluding carboxylic acids is 1. The van der Waals surface area contributed by atoms with E-state index >= 15 is 0 Å². The molecular weight excluding hydrogens is 466 g/mol. The highest BCUT2D eigenvalue weighted by atomic mass is 16.4. The number of aliphatic carboxylic acids is 1. The van der Waals surface area contributed by atoms with E-state index in [0.29, 0.717) is 12.8 Å². The van der Waals surface area contributed by atoms with Gasteiger partial charge in [0.2, 0.25) is 5.91 Å². The highest BCUT2D eigenvalue weighted by molar-refractivity contribution is 5.85. The quantitative estimate of drug-likeness (QED) is 0.492. The number of carbonyl (C=O) groups is 2. The number of rotatable bonds is 9. The number of hydrogen-bond donors (Lipinski definition) is 2. The van der Waals surface area contributed by atoms with Crippen LogP contribution in [0.3, 0.4) is 0 Å². The van der Waals surface area contributed by atoms with Crippen LogP contribution in [0.15, 0.2) is 46.4 Å². The zero-order valence-corrected chi connectivity index (χ0v) is 23.0. The standard InChI is InChI=1S/C30H39N3O4/c1-18(2)11-24(33-16-22(6)21(5)12-26(33)34)29(37)32-25(13-27(35)36)30(7)14-23(15-31-17-30)28-19(3)9-8-10-20(28)4/h8-10,12,15-18,24-25H,11,13-14H2,1-7H3,(H,32,37)(H,35,36)/t24-,25-,30?/m1/s1. The molecule has 37 heavy (non-hydrogen) atoms. The SMILES string of the molecule is Cc1cc(=O)n([C@H](CC(C)C)C(=O)N[C@H](CC(=O)O)C2(C)C=NC=C(c3c(C)cccc3C)C2)cc1C. The number of amides is 1. The predicted molar refractivity (Wildman–Crippen MR) is 148 cm³/mol. The van der Waals surface area contributed by atoms with Crippen molar-refractivity contribution in [1.82, 2.24) is 9.88 Å². The lowest BCUT2D eigenvalue weighted by atomic mass is 9.73. The molecule has 0 radical (unpaired) electrons. The lowest BCUT2D eigenvalue weighted by molar-refractivity contribution is -0.138. The Hall–Kier alpha value is -3.48. The molecule has 3 rings (SSSR count). The van der Waals surface area contributed by atoms with Gasteiger partial charge in [0, 0.05) is 36.1 Å². The molecule has 2 N–H and O–H groups in total. The minimum Gasteiger partial charge on any atom is -0.481 e. The first-order valence-electron chi connectivity index (χ1n) is 12.8. The molecule has 0 fully saturated rings. The van der Waals surface area contributed by atoms with Crippen LogP contribution < -0.4 is 10.9 Å². The summed E-state index contributed by atoms with van der Waals surface area (Å²) in [7, 11) is 0. The van der Waals surface area contributed by atoms with Crippen molar-refractivity contribution in [1.29, 1.82) is 0 Å². The maximum absolute atomic E-state index is 13.7. The van der Waals surface area contributed by atoms with Crippen LogP contribution in [0.4, 0.5) is 0 Å². The number of aliphatic imine (C=N–C) groups is 1. The Morgan fingerprint density at radius 2 is 1.76 bits per heavy atom. The maximum Gasteiger partial charge on any atom is 0.305 e. The second kappa shape index (κ2) is 11.3. The van der Waals surface area contributed by atoms with Crippen LogP contribution in [0, 0.1) is 39.0 Å². The smallest absolute Gasteiger partial charge is 0.305 e. The van der Waals surface area contributed by atoms with Gasteiger partial charge in [0.05, 0.1) is 6.42 Å². The van der Waals surface area contributed by atoms with Crippen molar-refractivity contribution in [3.8, 4) is 0 Å². The third-order valence-electron chi connectivity index (χ3n) is 7.35. The number of pyridine rings is 1. The van der Waals surface area contributed by atoms with Gasteiger partial charge in [-0.3, -0.25) is 19.4 Å². The average Bonchev–Trinajstić information content (AvgIpc) is 2.79. The van der Waals surface area contributed by atoms with Crippen LogP contribution in [0.2, 0.25) is 0 Å². The van der Waals surface area contributed by atoms with Crippen molar-refractivity contribution in [2.24, 2.45) is 16.3 Å². The molecule has 1 aliphatic rings. The van der Waals surface area contributed by atoms with Crippen LogP contribution >= 0.6 is 0 Å². The molecule has 198 valence electrons. The number of hydrogen-bond acceptors (Lipinski definition) is 4. The van der Waals surface area contributed by atoms with Crippen LogP contribution in [0.1, 0.15) is 73.9 Å². The summed E-state index contributed by atoms with van der Waals surface area (Å²) in [5.74, 6) is -1.22. The predicted octanol–water partition coefficient (Wildman–Crippen LogP) is 5.15. The van der Waals surface area contributed by atoms with E-state index < -0.39 is 23.5 Å². The monoisotopic (exact) mass is 505 g/mol. The fourth-order valence-corrected chi connectivity index (χ4v) is 5.16. The number of nitrogens with one attached hydrogen (secondary N) is 1. The lowest BCUT2D eigenvalue weighted by Gasteiger charge is -2.38. The summed E-state index contributed by atoms with van der Waals surface area (Å²) in [6.45, 7) is 13.8. The average molecular weight is 506 g/mol. The third-order valence-corrected chi connectivity index (χ3v) is 7.35. The fourth-order valence-electron chi connectivity index (χ4n) is 5.16. The van der Waals surface area contributed by atoms with E-state index in [1.54, 1.807) is 18.5 Å². The minimum absolute atomic E-state index is 0.146. The second-order valence-corrected chi connectivity index (χ2v) is 11.1. The van der Waals surface area contributed by atoms with Crippen LogP contribution in [-0.2, 0) is 9.59 Å². The molecule has 0 bridgehead atoms. The van der Waals surface area contributed by atoms with Crippen molar-refractivity contribution >= 4 is 23.7 Å². The Morgan fingerprint density at radius 3 is 2.35 bits per heavy atom. The van der Waals surface area contributed by atoms with Gasteiger partial charge < -0.3 is 15.0 Å². The molecule has 0 aliphatic carbocycles. The highest BCUT2D eigenvalue weighted by Gasteiger charge is 2.39. The molecule has 1 amide bonds.